The molecule has 0 spiro atoms. The summed E-state index contributed by atoms with van der Waals surface area (Å²) < 4.78 is 0. The van der Waals surface area contributed by atoms with Crippen molar-refractivity contribution in [2.24, 2.45) is 5.92 Å². The van der Waals surface area contributed by atoms with Crippen LogP contribution in [0.2, 0.25) is 0 Å². The topological polar surface area (TPSA) is 35.6 Å². The molecule has 4 heteroatoms. The van der Waals surface area contributed by atoms with Crippen molar-refractivity contribution in [2.75, 3.05) is 37.6 Å². The van der Waals surface area contributed by atoms with Gasteiger partial charge in [-0.1, -0.05) is 6.42 Å². The molecule has 0 radical (unpaired) electrons. The summed E-state index contributed by atoms with van der Waals surface area (Å²) in [7, 11) is 0. The van der Waals surface area contributed by atoms with Crippen molar-refractivity contribution in [1.29, 1.82) is 0 Å². The van der Waals surface area contributed by atoms with E-state index < -0.39 is 0 Å². The van der Waals surface area contributed by atoms with E-state index >= 15 is 0 Å². The van der Waals surface area contributed by atoms with Crippen molar-refractivity contribution < 1.29 is 4.79 Å². The average molecular weight is 356 g/mol. The molecule has 4 rings (SSSR count). The summed E-state index contributed by atoms with van der Waals surface area (Å²) in [4.78, 5) is 17.3. The van der Waals surface area contributed by atoms with Crippen molar-refractivity contribution in [3.05, 3.63) is 29.8 Å². The number of hydrogen-bond donors (Lipinski definition) is 1. The van der Waals surface area contributed by atoms with E-state index in [0.29, 0.717) is 6.04 Å². The van der Waals surface area contributed by atoms with E-state index in [9.17, 15) is 4.79 Å². The number of amides is 1. The number of carbonyl (C=O) groups excluding carboxylic acids is 1. The molecule has 0 atom stereocenters. The molecule has 2 heterocycles. The summed E-state index contributed by atoms with van der Waals surface area (Å²) in [5.74, 6) is 0.965. The second kappa shape index (κ2) is 8.43. The van der Waals surface area contributed by atoms with Crippen molar-refractivity contribution in [3.8, 4) is 0 Å². The number of benzene rings is 1. The number of hydrogen-bond acceptors (Lipinski definition) is 3. The van der Waals surface area contributed by atoms with Crippen LogP contribution >= 0.6 is 0 Å². The van der Waals surface area contributed by atoms with Gasteiger partial charge in [0.15, 0.2) is 0 Å². The molecular weight excluding hydrogens is 322 g/mol. The Balaban J connectivity index is 1.21. The predicted octanol–water partition coefficient (Wildman–Crippen LogP) is 3.67. The van der Waals surface area contributed by atoms with Gasteiger partial charge in [-0.3, -0.25) is 4.79 Å². The van der Waals surface area contributed by atoms with Gasteiger partial charge in [-0.05, 0) is 94.8 Å². The van der Waals surface area contributed by atoms with Gasteiger partial charge >= 0.3 is 0 Å². The number of nitrogens with one attached hydrogen (secondary N) is 1. The molecule has 2 saturated heterocycles. The summed E-state index contributed by atoms with van der Waals surface area (Å²) in [5, 5.41) is 3.06. The van der Waals surface area contributed by atoms with Crippen molar-refractivity contribution >= 4 is 11.6 Å². The van der Waals surface area contributed by atoms with Crippen LogP contribution in [0.4, 0.5) is 5.69 Å². The fraction of sp³-hybridized carbons (Fsp3) is 0.682. The lowest BCUT2D eigenvalue weighted by Crippen LogP contribution is -2.36. The molecular formula is C22H33N3O. The van der Waals surface area contributed by atoms with E-state index in [2.05, 4.69) is 27.2 Å². The van der Waals surface area contributed by atoms with Crippen LogP contribution in [0.5, 0.6) is 0 Å². The number of anilines is 1. The highest BCUT2D eigenvalue weighted by atomic mass is 16.1. The van der Waals surface area contributed by atoms with E-state index in [0.717, 1.165) is 37.4 Å². The molecule has 0 bridgehead atoms. The number of nitrogens with zero attached hydrogens (tertiary/aromatic N) is 2. The van der Waals surface area contributed by atoms with Gasteiger partial charge in [-0.25, -0.2) is 0 Å². The molecule has 1 saturated carbocycles. The molecule has 1 N–H and O–H groups in total. The molecule has 2 aliphatic heterocycles. The molecule has 3 aliphatic rings. The molecule has 1 aliphatic carbocycles. The Hall–Kier alpha value is -1.55. The molecule has 142 valence electrons. The maximum absolute atomic E-state index is 12.1. The summed E-state index contributed by atoms with van der Waals surface area (Å²) in [6.07, 6.45) is 10.5. The zero-order chi connectivity index (χ0) is 17.8. The van der Waals surface area contributed by atoms with Gasteiger partial charge in [0.05, 0.1) is 0 Å². The maximum Gasteiger partial charge on any atom is 0.251 e. The lowest BCUT2D eigenvalue weighted by molar-refractivity contribution is 0.0951. The first kappa shape index (κ1) is 17.8. The Morgan fingerprint density at radius 3 is 2.27 bits per heavy atom. The molecule has 3 fully saturated rings. The van der Waals surface area contributed by atoms with Gasteiger partial charge in [0.25, 0.3) is 5.91 Å². The maximum atomic E-state index is 12.1. The lowest BCUT2D eigenvalue weighted by Gasteiger charge is -2.35. The largest absolute Gasteiger partial charge is 0.372 e. The SMILES string of the molecule is O=C(NC1CC1)c1ccc(N2CCC(CCN3CCCCC3)CC2)cc1. The fourth-order valence-corrected chi connectivity index (χ4v) is 4.35. The third-order valence-corrected chi connectivity index (χ3v) is 6.32. The van der Waals surface area contributed by atoms with Crippen LogP contribution in [0.15, 0.2) is 24.3 Å². The van der Waals surface area contributed by atoms with Gasteiger partial charge in [0.2, 0.25) is 0 Å². The molecule has 1 aromatic carbocycles. The molecule has 1 amide bonds. The number of carbonyl (C=O) groups is 1. The van der Waals surface area contributed by atoms with Crippen LogP contribution < -0.4 is 10.2 Å². The molecule has 4 nitrogen and oxygen atoms in total. The zero-order valence-corrected chi connectivity index (χ0v) is 16.0. The highest BCUT2D eigenvalue weighted by molar-refractivity contribution is 5.94. The Morgan fingerprint density at radius 2 is 1.62 bits per heavy atom. The number of piperidine rings is 2. The normalized spacial score (nSPS) is 22.4. The standard InChI is InChI=1S/C22H33N3O/c26-22(23-20-6-7-20)19-4-8-21(9-5-19)25-16-11-18(12-17-25)10-15-24-13-2-1-3-14-24/h4-5,8-9,18,20H,1-3,6-7,10-17H2,(H,23,26). The second-order valence-corrected chi connectivity index (χ2v) is 8.42. The van der Waals surface area contributed by atoms with Gasteiger partial charge in [0, 0.05) is 30.4 Å². The highest BCUT2D eigenvalue weighted by Gasteiger charge is 2.24. The van der Waals surface area contributed by atoms with Gasteiger partial charge < -0.3 is 15.1 Å². The Kier molecular flexibility index (Phi) is 5.78. The summed E-state index contributed by atoms with van der Waals surface area (Å²) in [5.41, 5.74) is 2.06. The minimum atomic E-state index is 0.0791. The van der Waals surface area contributed by atoms with Crippen molar-refractivity contribution in [3.63, 3.8) is 0 Å². The monoisotopic (exact) mass is 355 g/mol. The van der Waals surface area contributed by atoms with Crippen LogP contribution in [0.3, 0.4) is 0 Å². The summed E-state index contributed by atoms with van der Waals surface area (Å²) in [6, 6.07) is 8.63. The third-order valence-electron chi connectivity index (χ3n) is 6.32. The Morgan fingerprint density at radius 1 is 0.923 bits per heavy atom. The van der Waals surface area contributed by atoms with Gasteiger partial charge in [-0.2, -0.15) is 0 Å². The molecule has 1 aromatic rings. The Bertz CT molecular complexity index is 582. The minimum absolute atomic E-state index is 0.0791. The quantitative estimate of drug-likeness (QED) is 0.846. The zero-order valence-electron chi connectivity index (χ0n) is 16.0. The van der Waals surface area contributed by atoms with E-state index in [1.165, 1.54) is 63.8 Å². The fourth-order valence-electron chi connectivity index (χ4n) is 4.35. The van der Waals surface area contributed by atoms with Crippen LogP contribution in [-0.2, 0) is 0 Å². The van der Waals surface area contributed by atoms with Crippen molar-refractivity contribution in [1.82, 2.24) is 10.2 Å². The number of rotatable bonds is 6. The predicted molar refractivity (Wildman–Crippen MR) is 107 cm³/mol. The second-order valence-electron chi connectivity index (χ2n) is 8.42. The van der Waals surface area contributed by atoms with Crippen LogP contribution in [-0.4, -0.2) is 49.6 Å². The first-order chi connectivity index (χ1) is 12.8. The summed E-state index contributed by atoms with van der Waals surface area (Å²) in [6.45, 7) is 6.24. The minimum Gasteiger partial charge on any atom is -0.372 e. The van der Waals surface area contributed by atoms with Crippen molar-refractivity contribution in [2.45, 2.75) is 57.4 Å². The molecule has 0 unspecified atom stereocenters. The Labute approximate surface area is 157 Å². The third kappa shape index (κ3) is 4.79. The van der Waals surface area contributed by atoms with E-state index in [-0.39, 0.29) is 5.91 Å². The van der Waals surface area contributed by atoms with Crippen LogP contribution in [0.25, 0.3) is 0 Å². The first-order valence-corrected chi connectivity index (χ1v) is 10.7. The number of likely N-dealkylation sites (tertiary alicyclic amines) is 1. The molecule has 26 heavy (non-hydrogen) atoms. The molecule has 0 aromatic heterocycles. The van der Waals surface area contributed by atoms with Gasteiger partial charge in [0.1, 0.15) is 0 Å². The van der Waals surface area contributed by atoms with E-state index in [1.807, 2.05) is 12.1 Å². The first-order valence-electron chi connectivity index (χ1n) is 10.7. The smallest absolute Gasteiger partial charge is 0.251 e. The van der Waals surface area contributed by atoms with E-state index in [1.54, 1.807) is 0 Å². The summed E-state index contributed by atoms with van der Waals surface area (Å²) >= 11 is 0. The van der Waals surface area contributed by atoms with Crippen LogP contribution in [0, 0.1) is 5.92 Å². The lowest BCUT2D eigenvalue weighted by atomic mass is 9.92. The van der Waals surface area contributed by atoms with Gasteiger partial charge in [-0.15, -0.1) is 0 Å². The highest BCUT2D eigenvalue weighted by Crippen LogP contribution is 2.26. The average Bonchev–Trinajstić information content (AvgIpc) is 3.52. The van der Waals surface area contributed by atoms with Crippen LogP contribution in [0.1, 0.15) is 61.7 Å². The van der Waals surface area contributed by atoms with E-state index in [4.69, 9.17) is 0 Å².